The van der Waals surface area contributed by atoms with E-state index in [-0.39, 0.29) is 12.2 Å². The molecule has 0 radical (unpaired) electrons. The van der Waals surface area contributed by atoms with Crippen molar-refractivity contribution >= 4 is 44.2 Å². The van der Waals surface area contributed by atoms with Crippen LogP contribution in [0.4, 0.5) is 0 Å². The quantitative estimate of drug-likeness (QED) is 0.563. The molecule has 1 aromatic heterocycles. The van der Waals surface area contributed by atoms with Gasteiger partial charge in [0.05, 0.1) is 28.2 Å². The van der Waals surface area contributed by atoms with Crippen LogP contribution in [0.1, 0.15) is 28.6 Å². The van der Waals surface area contributed by atoms with Gasteiger partial charge in [-0.1, -0.05) is 45.7 Å². The third-order valence-corrected chi connectivity index (χ3v) is 4.70. The molecule has 0 aliphatic carbocycles. The molecule has 1 atom stereocenters. The van der Waals surface area contributed by atoms with E-state index in [0.717, 1.165) is 15.4 Å². The van der Waals surface area contributed by atoms with E-state index in [1.807, 2.05) is 30.3 Å². The van der Waals surface area contributed by atoms with Crippen LogP contribution < -0.4 is 4.74 Å². The first-order valence-corrected chi connectivity index (χ1v) is 8.33. The number of ketones is 1. The van der Waals surface area contributed by atoms with Crippen LogP contribution in [0.3, 0.4) is 0 Å². The topological polar surface area (TPSA) is 39.2 Å². The first kappa shape index (κ1) is 14.7. The number of halogens is 2. The summed E-state index contributed by atoms with van der Waals surface area (Å²) >= 11 is 9.73. The third-order valence-electron chi connectivity index (χ3n) is 3.90. The molecule has 0 N–H and O–H groups in total. The minimum atomic E-state index is -0.418. The van der Waals surface area contributed by atoms with E-state index in [4.69, 9.17) is 16.3 Å². The molecule has 114 valence electrons. The van der Waals surface area contributed by atoms with Gasteiger partial charge in [-0.2, -0.15) is 0 Å². The van der Waals surface area contributed by atoms with E-state index in [9.17, 15) is 4.79 Å². The number of nitrogens with zero attached hydrogens (tertiary/aromatic N) is 1. The maximum absolute atomic E-state index is 12.4. The lowest BCUT2D eigenvalue weighted by Gasteiger charge is -2.25. The molecule has 23 heavy (non-hydrogen) atoms. The number of aromatic nitrogens is 1. The van der Waals surface area contributed by atoms with Crippen LogP contribution >= 0.6 is 27.5 Å². The number of rotatable bonds is 1. The monoisotopic (exact) mass is 387 g/mol. The molecule has 0 amide bonds. The first-order valence-electron chi connectivity index (χ1n) is 7.16. The third kappa shape index (κ3) is 2.62. The Kier molecular flexibility index (Phi) is 3.58. The van der Waals surface area contributed by atoms with E-state index in [1.54, 1.807) is 18.2 Å². The Morgan fingerprint density at radius 2 is 2.00 bits per heavy atom. The zero-order valence-corrected chi connectivity index (χ0v) is 14.3. The van der Waals surface area contributed by atoms with Crippen molar-refractivity contribution in [3.05, 3.63) is 69.3 Å². The van der Waals surface area contributed by atoms with Gasteiger partial charge in [0.1, 0.15) is 11.9 Å². The Bertz CT molecular complexity index is 941. The van der Waals surface area contributed by atoms with Gasteiger partial charge in [0, 0.05) is 9.86 Å². The van der Waals surface area contributed by atoms with Gasteiger partial charge in [0.2, 0.25) is 0 Å². The standard InChI is InChI=1S/C18H11BrClNO2/c19-10-5-6-17-12(7-10)16(22)9-18(23-17)15-8-13(20)11-3-1-2-4-14(11)21-15/h1-8,18H,9H2. The molecule has 5 heteroatoms. The van der Waals surface area contributed by atoms with Crippen molar-refractivity contribution in [2.75, 3.05) is 0 Å². The molecular weight excluding hydrogens is 378 g/mol. The van der Waals surface area contributed by atoms with Crippen molar-refractivity contribution in [1.29, 1.82) is 0 Å². The molecule has 1 aliphatic rings. The summed E-state index contributed by atoms with van der Waals surface area (Å²) < 4.78 is 6.84. The van der Waals surface area contributed by atoms with Crippen LogP contribution in [0.2, 0.25) is 5.02 Å². The van der Waals surface area contributed by atoms with Crippen LogP contribution in [-0.4, -0.2) is 10.8 Å². The number of benzene rings is 2. The summed E-state index contributed by atoms with van der Waals surface area (Å²) in [5.41, 5.74) is 2.07. The number of para-hydroxylation sites is 1. The maximum Gasteiger partial charge on any atom is 0.170 e. The summed E-state index contributed by atoms with van der Waals surface area (Å²) in [7, 11) is 0. The van der Waals surface area contributed by atoms with Gasteiger partial charge in [0.15, 0.2) is 5.78 Å². The summed E-state index contributed by atoms with van der Waals surface area (Å²) in [5.74, 6) is 0.629. The van der Waals surface area contributed by atoms with Gasteiger partial charge in [-0.3, -0.25) is 4.79 Å². The van der Waals surface area contributed by atoms with Gasteiger partial charge in [-0.25, -0.2) is 4.98 Å². The Hall–Kier alpha value is -1.91. The zero-order valence-electron chi connectivity index (χ0n) is 11.9. The number of carbonyl (C=O) groups excluding carboxylic acids is 1. The Labute approximate surface area is 146 Å². The molecule has 1 aliphatic heterocycles. The van der Waals surface area contributed by atoms with Crippen molar-refractivity contribution in [3.63, 3.8) is 0 Å². The van der Waals surface area contributed by atoms with Gasteiger partial charge in [-0.15, -0.1) is 0 Å². The van der Waals surface area contributed by atoms with Crippen molar-refractivity contribution < 1.29 is 9.53 Å². The highest BCUT2D eigenvalue weighted by atomic mass is 79.9. The molecule has 3 nitrogen and oxygen atoms in total. The fourth-order valence-electron chi connectivity index (χ4n) is 2.78. The summed E-state index contributed by atoms with van der Waals surface area (Å²) in [6, 6.07) is 14.9. The number of Topliss-reactive ketones (excluding diaryl/α,β-unsaturated/α-hetero) is 1. The second kappa shape index (κ2) is 5.62. The lowest BCUT2D eigenvalue weighted by Crippen LogP contribution is -2.21. The minimum absolute atomic E-state index is 0.0450. The number of pyridine rings is 1. The average Bonchev–Trinajstić information content (AvgIpc) is 2.55. The maximum atomic E-state index is 12.4. The van der Waals surface area contributed by atoms with Crippen molar-refractivity contribution in [1.82, 2.24) is 4.98 Å². The zero-order chi connectivity index (χ0) is 16.0. The minimum Gasteiger partial charge on any atom is -0.483 e. The highest BCUT2D eigenvalue weighted by Gasteiger charge is 2.29. The van der Waals surface area contributed by atoms with E-state index in [0.29, 0.717) is 22.0 Å². The SMILES string of the molecule is O=C1CC(c2cc(Cl)c3ccccc3n2)Oc2ccc(Br)cc21. The van der Waals surface area contributed by atoms with Gasteiger partial charge in [-0.05, 0) is 30.3 Å². The number of fused-ring (bicyclic) bond motifs is 2. The highest BCUT2D eigenvalue weighted by molar-refractivity contribution is 9.10. The number of hydrogen-bond acceptors (Lipinski definition) is 3. The predicted octanol–water partition coefficient (Wildman–Crippen LogP) is 5.36. The fraction of sp³-hybridized carbons (Fsp3) is 0.111. The Morgan fingerprint density at radius 3 is 2.87 bits per heavy atom. The normalized spacial score (nSPS) is 17.0. The largest absolute Gasteiger partial charge is 0.483 e. The molecule has 0 spiro atoms. The van der Waals surface area contributed by atoms with Gasteiger partial charge in [0.25, 0.3) is 0 Å². The predicted molar refractivity (Wildman–Crippen MR) is 93.2 cm³/mol. The lowest BCUT2D eigenvalue weighted by molar-refractivity contribution is 0.0845. The Morgan fingerprint density at radius 1 is 1.17 bits per heavy atom. The lowest BCUT2D eigenvalue weighted by atomic mass is 9.98. The molecule has 1 unspecified atom stereocenters. The van der Waals surface area contributed by atoms with Crippen LogP contribution in [-0.2, 0) is 0 Å². The number of hydrogen-bond donors (Lipinski definition) is 0. The molecule has 0 fully saturated rings. The van der Waals surface area contributed by atoms with Crippen LogP contribution in [0.5, 0.6) is 5.75 Å². The van der Waals surface area contributed by atoms with Crippen molar-refractivity contribution in [2.24, 2.45) is 0 Å². The van der Waals surface area contributed by atoms with Crippen molar-refractivity contribution in [2.45, 2.75) is 12.5 Å². The molecule has 0 saturated heterocycles. The fourth-order valence-corrected chi connectivity index (χ4v) is 3.41. The molecule has 0 bridgehead atoms. The number of ether oxygens (including phenoxy) is 1. The van der Waals surface area contributed by atoms with Crippen LogP contribution in [0, 0.1) is 0 Å². The summed E-state index contributed by atoms with van der Waals surface area (Å²) in [6.45, 7) is 0. The van der Waals surface area contributed by atoms with Gasteiger partial charge < -0.3 is 4.74 Å². The second-order valence-electron chi connectivity index (χ2n) is 5.42. The average molecular weight is 389 g/mol. The number of carbonyl (C=O) groups is 1. The van der Waals surface area contributed by atoms with Crippen molar-refractivity contribution in [3.8, 4) is 5.75 Å². The van der Waals surface area contributed by atoms with Crippen LogP contribution in [0.25, 0.3) is 10.9 Å². The highest BCUT2D eigenvalue weighted by Crippen LogP contribution is 2.37. The van der Waals surface area contributed by atoms with Gasteiger partial charge >= 0.3 is 0 Å². The van der Waals surface area contributed by atoms with Crippen LogP contribution in [0.15, 0.2) is 53.0 Å². The summed E-state index contributed by atoms with van der Waals surface area (Å²) in [6.07, 6.45) is -0.163. The molecule has 0 saturated carbocycles. The molecule has 2 heterocycles. The summed E-state index contributed by atoms with van der Waals surface area (Å²) in [4.78, 5) is 17.0. The Balaban J connectivity index is 1.77. The molecule has 3 aromatic rings. The smallest absolute Gasteiger partial charge is 0.170 e. The molecular formula is C18H11BrClNO2. The molecule has 4 rings (SSSR count). The van der Waals surface area contributed by atoms with E-state index in [1.165, 1.54) is 0 Å². The first-order chi connectivity index (χ1) is 11.1. The summed E-state index contributed by atoms with van der Waals surface area (Å²) in [5, 5.41) is 1.51. The van der Waals surface area contributed by atoms with E-state index >= 15 is 0 Å². The van der Waals surface area contributed by atoms with E-state index < -0.39 is 6.10 Å². The van der Waals surface area contributed by atoms with E-state index in [2.05, 4.69) is 20.9 Å². The second-order valence-corrected chi connectivity index (χ2v) is 6.74. The molecule has 2 aromatic carbocycles.